The Morgan fingerprint density at radius 2 is 1.17 bits per heavy atom. The fourth-order valence-corrected chi connectivity index (χ4v) is 5.83. The van der Waals surface area contributed by atoms with Crippen LogP contribution in [0.5, 0.6) is 0 Å². The maximum atomic E-state index is 13.6. The minimum atomic E-state index is -0.629. The molecule has 0 aromatic heterocycles. The van der Waals surface area contributed by atoms with Crippen LogP contribution in [0.15, 0.2) is 30.3 Å². The molecule has 0 saturated heterocycles. The highest BCUT2D eigenvalue weighted by molar-refractivity contribution is 5.87. The van der Waals surface area contributed by atoms with E-state index in [4.69, 9.17) is 17.2 Å². The van der Waals surface area contributed by atoms with Gasteiger partial charge in [0.1, 0.15) is 6.04 Å². The van der Waals surface area contributed by atoms with E-state index in [1.807, 2.05) is 30.3 Å². The van der Waals surface area contributed by atoms with Crippen molar-refractivity contribution in [2.75, 3.05) is 19.6 Å². The monoisotopic (exact) mass is 645 g/mol. The van der Waals surface area contributed by atoms with Gasteiger partial charge in [0.05, 0.1) is 6.04 Å². The molecular formula is C37H68N6O3. The van der Waals surface area contributed by atoms with Crippen molar-refractivity contribution in [3.63, 3.8) is 0 Å². The minimum absolute atomic E-state index is 0.0811. The molecule has 3 amide bonds. The molecule has 9 nitrogen and oxygen atoms in total. The third-order valence-electron chi connectivity index (χ3n) is 8.68. The van der Waals surface area contributed by atoms with E-state index in [1.165, 1.54) is 64.2 Å². The van der Waals surface area contributed by atoms with E-state index in [1.54, 1.807) is 0 Å². The van der Waals surface area contributed by atoms with Gasteiger partial charge < -0.3 is 33.2 Å². The number of nitrogens with two attached hydrogens (primary N) is 3. The standard InChI is InChI=1S/C37H68N6O3/c1-2-3-4-5-6-7-8-9-10-11-12-13-17-26-35(44)43-34(25-19-21-28-39)37(46)42-32(29-31-22-15-14-16-23-31)30-41-33(36(40)45)24-18-20-27-38/h14-16,22-23,32-34,41H,2-13,17-21,24-30,38-39H2,1H3,(H2,40,45)(H,42,46)(H,43,44)/t32-,33-,34-/m0/s1. The van der Waals surface area contributed by atoms with E-state index in [2.05, 4.69) is 22.9 Å². The van der Waals surface area contributed by atoms with Crippen LogP contribution in [0.1, 0.15) is 141 Å². The van der Waals surface area contributed by atoms with Crippen LogP contribution in [0.4, 0.5) is 0 Å². The number of nitrogens with one attached hydrogen (secondary N) is 3. The Labute approximate surface area is 280 Å². The second-order valence-corrected chi connectivity index (χ2v) is 12.9. The van der Waals surface area contributed by atoms with Crippen LogP contribution in [0.25, 0.3) is 0 Å². The number of carbonyl (C=O) groups is 3. The van der Waals surface area contributed by atoms with Crippen LogP contribution in [-0.2, 0) is 20.8 Å². The molecule has 1 rings (SSSR count). The quantitative estimate of drug-likeness (QED) is 0.0594. The first-order chi connectivity index (χ1) is 22.4. The lowest BCUT2D eigenvalue weighted by Crippen LogP contribution is -2.54. The van der Waals surface area contributed by atoms with Crippen LogP contribution in [-0.4, -0.2) is 55.5 Å². The average molecular weight is 645 g/mol. The van der Waals surface area contributed by atoms with Crippen molar-refractivity contribution < 1.29 is 14.4 Å². The number of primary amides is 1. The van der Waals surface area contributed by atoms with Gasteiger partial charge >= 0.3 is 0 Å². The Bertz CT molecular complexity index is 900. The zero-order valence-corrected chi connectivity index (χ0v) is 29.0. The van der Waals surface area contributed by atoms with Gasteiger partial charge in [-0.1, -0.05) is 121 Å². The zero-order chi connectivity index (χ0) is 33.7. The number of carbonyl (C=O) groups excluding carboxylic acids is 3. The molecule has 0 fully saturated rings. The molecule has 3 atom stereocenters. The van der Waals surface area contributed by atoms with Crippen LogP contribution in [0.2, 0.25) is 0 Å². The van der Waals surface area contributed by atoms with Crippen molar-refractivity contribution in [1.29, 1.82) is 0 Å². The Morgan fingerprint density at radius 3 is 1.70 bits per heavy atom. The van der Waals surface area contributed by atoms with Crippen LogP contribution in [0, 0.1) is 0 Å². The summed E-state index contributed by atoms with van der Waals surface area (Å²) in [4.78, 5) is 38.5. The second kappa shape index (κ2) is 28.7. The highest BCUT2D eigenvalue weighted by Crippen LogP contribution is 2.13. The molecule has 1 aromatic rings. The van der Waals surface area contributed by atoms with Crippen molar-refractivity contribution in [3.05, 3.63) is 35.9 Å². The molecule has 0 heterocycles. The lowest BCUT2D eigenvalue weighted by atomic mass is 10.0. The molecule has 0 aliphatic carbocycles. The maximum Gasteiger partial charge on any atom is 0.242 e. The Kier molecular flexibility index (Phi) is 25.9. The van der Waals surface area contributed by atoms with Gasteiger partial charge in [-0.2, -0.15) is 0 Å². The van der Waals surface area contributed by atoms with Gasteiger partial charge in [0.15, 0.2) is 0 Å². The predicted octanol–water partition coefficient (Wildman–Crippen LogP) is 5.38. The predicted molar refractivity (Wildman–Crippen MR) is 191 cm³/mol. The van der Waals surface area contributed by atoms with Gasteiger partial charge in [0.25, 0.3) is 0 Å². The lowest BCUT2D eigenvalue weighted by Gasteiger charge is -2.26. The molecule has 0 spiro atoms. The summed E-state index contributed by atoms with van der Waals surface area (Å²) in [6, 6.07) is 8.50. The first-order valence-corrected chi connectivity index (χ1v) is 18.5. The summed E-state index contributed by atoms with van der Waals surface area (Å²) in [6.07, 6.45) is 21.6. The molecule has 1 aromatic carbocycles. The Balaban J connectivity index is 2.59. The van der Waals surface area contributed by atoms with Gasteiger partial charge in [-0.15, -0.1) is 0 Å². The molecule has 0 saturated carbocycles. The molecule has 46 heavy (non-hydrogen) atoms. The molecule has 9 heteroatoms. The third kappa shape index (κ3) is 22.1. The third-order valence-corrected chi connectivity index (χ3v) is 8.68. The van der Waals surface area contributed by atoms with Gasteiger partial charge in [0, 0.05) is 19.0 Å². The highest BCUT2D eigenvalue weighted by atomic mass is 16.2. The van der Waals surface area contributed by atoms with E-state index in [9.17, 15) is 14.4 Å². The number of benzene rings is 1. The number of hydrogen-bond acceptors (Lipinski definition) is 6. The van der Waals surface area contributed by atoms with Gasteiger partial charge in [-0.3, -0.25) is 14.4 Å². The highest BCUT2D eigenvalue weighted by Gasteiger charge is 2.24. The molecular weight excluding hydrogens is 576 g/mol. The van der Waals surface area contributed by atoms with Crippen LogP contribution >= 0.6 is 0 Å². The zero-order valence-electron chi connectivity index (χ0n) is 29.0. The second-order valence-electron chi connectivity index (χ2n) is 12.9. The Morgan fingerprint density at radius 1 is 0.652 bits per heavy atom. The van der Waals surface area contributed by atoms with Gasteiger partial charge in [-0.05, 0) is 63.6 Å². The first-order valence-electron chi connectivity index (χ1n) is 18.5. The van der Waals surface area contributed by atoms with Crippen molar-refractivity contribution in [2.45, 2.75) is 160 Å². The van der Waals surface area contributed by atoms with E-state index in [-0.39, 0.29) is 17.9 Å². The molecule has 0 unspecified atom stereocenters. The molecule has 0 bridgehead atoms. The minimum Gasteiger partial charge on any atom is -0.368 e. The SMILES string of the molecule is CCCCCCCCCCCCCCCC(=O)N[C@@H](CCCCN)C(=O)N[C@H](CN[C@@H](CCCCN)C(N)=O)Cc1ccccc1. The van der Waals surface area contributed by atoms with E-state index >= 15 is 0 Å². The molecule has 0 radical (unpaired) electrons. The van der Waals surface area contributed by atoms with Crippen LogP contribution < -0.4 is 33.2 Å². The smallest absolute Gasteiger partial charge is 0.242 e. The fraction of sp³-hybridized carbons (Fsp3) is 0.757. The van der Waals surface area contributed by atoms with Crippen molar-refractivity contribution in [1.82, 2.24) is 16.0 Å². The maximum absolute atomic E-state index is 13.6. The summed E-state index contributed by atoms with van der Waals surface area (Å²) < 4.78 is 0. The summed E-state index contributed by atoms with van der Waals surface area (Å²) in [5, 5.41) is 9.43. The van der Waals surface area contributed by atoms with Crippen molar-refractivity contribution >= 4 is 17.7 Å². The fourth-order valence-electron chi connectivity index (χ4n) is 5.83. The molecule has 264 valence electrons. The Hall–Kier alpha value is -2.49. The molecule has 0 aliphatic heterocycles. The largest absolute Gasteiger partial charge is 0.368 e. The first kappa shape index (κ1) is 41.5. The number of unbranched alkanes of at least 4 members (excludes halogenated alkanes) is 14. The normalized spacial score (nSPS) is 13.2. The number of amides is 3. The topological polar surface area (TPSA) is 165 Å². The average Bonchev–Trinajstić information content (AvgIpc) is 3.04. The summed E-state index contributed by atoms with van der Waals surface area (Å²) in [7, 11) is 0. The van der Waals surface area contributed by atoms with Crippen molar-refractivity contribution in [3.8, 4) is 0 Å². The van der Waals surface area contributed by atoms with Crippen LogP contribution in [0.3, 0.4) is 0 Å². The van der Waals surface area contributed by atoms with Crippen molar-refractivity contribution in [2.24, 2.45) is 17.2 Å². The summed E-state index contributed by atoms with van der Waals surface area (Å²) >= 11 is 0. The number of hydrogen-bond donors (Lipinski definition) is 6. The summed E-state index contributed by atoms with van der Waals surface area (Å²) in [5.41, 5.74) is 18.1. The van der Waals surface area contributed by atoms with Gasteiger partial charge in [0.2, 0.25) is 17.7 Å². The lowest BCUT2D eigenvalue weighted by molar-refractivity contribution is -0.129. The van der Waals surface area contributed by atoms with E-state index in [0.29, 0.717) is 45.3 Å². The summed E-state index contributed by atoms with van der Waals surface area (Å²) in [6.45, 7) is 3.74. The summed E-state index contributed by atoms with van der Waals surface area (Å²) in [5.74, 6) is -0.707. The number of rotatable bonds is 31. The van der Waals surface area contributed by atoms with E-state index in [0.717, 1.165) is 50.5 Å². The molecule has 0 aliphatic rings. The van der Waals surface area contributed by atoms with E-state index < -0.39 is 18.0 Å². The molecule has 9 N–H and O–H groups in total. The van der Waals surface area contributed by atoms with Gasteiger partial charge in [-0.25, -0.2) is 0 Å².